The minimum atomic E-state index is 0.00548. The van der Waals surface area contributed by atoms with Gasteiger partial charge in [-0.1, -0.05) is 6.58 Å². The SMILES string of the molecule is C=C(C)C(=O)N1OCC2CC3C4CCC(C4)C3C21. The Balaban J connectivity index is 1.63. The van der Waals surface area contributed by atoms with Crippen LogP contribution < -0.4 is 0 Å². The number of hydrogen-bond acceptors (Lipinski definition) is 2. The molecule has 1 amide bonds. The standard InChI is InChI=1S/C15H21NO2/c1-8(2)15(17)16-14-11(7-18-16)6-12-9-3-4-10(5-9)13(12)14/h9-14H,1,3-7H2,2H3. The molecule has 3 nitrogen and oxygen atoms in total. The van der Waals surface area contributed by atoms with Crippen LogP contribution in [0.4, 0.5) is 0 Å². The summed E-state index contributed by atoms with van der Waals surface area (Å²) in [5, 5.41) is 1.69. The molecule has 2 bridgehead atoms. The van der Waals surface area contributed by atoms with Crippen molar-refractivity contribution in [3.8, 4) is 0 Å². The van der Waals surface area contributed by atoms with Crippen LogP contribution in [0.5, 0.6) is 0 Å². The highest BCUT2D eigenvalue weighted by Gasteiger charge is 2.61. The molecule has 0 spiro atoms. The van der Waals surface area contributed by atoms with Crippen LogP contribution >= 0.6 is 0 Å². The molecular formula is C15H21NO2. The number of hydroxylamine groups is 2. The fraction of sp³-hybridized carbons (Fsp3) is 0.800. The lowest BCUT2D eigenvalue weighted by atomic mass is 9.80. The van der Waals surface area contributed by atoms with Gasteiger partial charge in [0.1, 0.15) is 0 Å². The Labute approximate surface area is 108 Å². The minimum absolute atomic E-state index is 0.00548. The Hall–Kier alpha value is -0.830. The van der Waals surface area contributed by atoms with E-state index in [0.717, 1.165) is 30.3 Å². The number of rotatable bonds is 1. The Bertz CT molecular complexity index is 419. The molecule has 1 saturated heterocycles. The second kappa shape index (κ2) is 3.60. The maximum absolute atomic E-state index is 12.2. The predicted molar refractivity (Wildman–Crippen MR) is 67.3 cm³/mol. The maximum atomic E-state index is 12.2. The predicted octanol–water partition coefficient (Wildman–Crippen LogP) is 2.39. The van der Waals surface area contributed by atoms with Crippen LogP contribution in [0, 0.1) is 29.6 Å². The summed E-state index contributed by atoms with van der Waals surface area (Å²) in [6.07, 6.45) is 5.51. The van der Waals surface area contributed by atoms with Crippen LogP contribution in [0.15, 0.2) is 12.2 Å². The molecule has 0 aromatic rings. The van der Waals surface area contributed by atoms with Gasteiger partial charge in [0.15, 0.2) is 0 Å². The Kier molecular flexibility index (Phi) is 2.20. The molecular weight excluding hydrogens is 226 g/mol. The molecule has 0 radical (unpaired) electrons. The van der Waals surface area contributed by atoms with Gasteiger partial charge in [0, 0.05) is 11.5 Å². The van der Waals surface area contributed by atoms with Crippen molar-refractivity contribution in [3.05, 3.63) is 12.2 Å². The number of fused-ring (bicyclic) bond motifs is 7. The summed E-state index contributed by atoms with van der Waals surface area (Å²) in [5.74, 6) is 4.00. The highest BCUT2D eigenvalue weighted by Crippen LogP contribution is 2.62. The fourth-order valence-electron chi connectivity index (χ4n) is 5.30. The topological polar surface area (TPSA) is 29.5 Å². The normalized spacial score (nSPS) is 48.4. The van der Waals surface area contributed by atoms with E-state index < -0.39 is 0 Å². The van der Waals surface area contributed by atoms with Crippen LogP contribution in [-0.4, -0.2) is 23.6 Å². The smallest absolute Gasteiger partial charge is 0.270 e. The van der Waals surface area contributed by atoms with Gasteiger partial charge in [-0.3, -0.25) is 9.63 Å². The van der Waals surface area contributed by atoms with Crippen LogP contribution in [0.1, 0.15) is 32.6 Å². The molecule has 1 aliphatic heterocycles. The second-order valence-corrected chi connectivity index (χ2v) is 6.77. The Morgan fingerprint density at radius 1 is 1.22 bits per heavy atom. The molecule has 3 heteroatoms. The second-order valence-electron chi connectivity index (χ2n) is 6.77. The third-order valence-electron chi connectivity index (χ3n) is 5.87. The maximum Gasteiger partial charge on any atom is 0.272 e. The summed E-state index contributed by atoms with van der Waals surface area (Å²) >= 11 is 0. The van der Waals surface area contributed by atoms with Crippen LogP contribution in [0.2, 0.25) is 0 Å². The van der Waals surface area contributed by atoms with Gasteiger partial charge >= 0.3 is 0 Å². The summed E-state index contributed by atoms with van der Waals surface area (Å²) in [7, 11) is 0. The van der Waals surface area contributed by atoms with Gasteiger partial charge < -0.3 is 0 Å². The van der Waals surface area contributed by atoms with Gasteiger partial charge in [0.25, 0.3) is 5.91 Å². The molecule has 0 aromatic heterocycles. The summed E-state index contributed by atoms with van der Waals surface area (Å²) < 4.78 is 0. The van der Waals surface area contributed by atoms with E-state index in [2.05, 4.69) is 6.58 Å². The van der Waals surface area contributed by atoms with Crippen molar-refractivity contribution < 1.29 is 9.63 Å². The van der Waals surface area contributed by atoms with Crippen molar-refractivity contribution in [1.82, 2.24) is 5.06 Å². The molecule has 3 aliphatic carbocycles. The lowest BCUT2D eigenvalue weighted by Crippen LogP contribution is -2.42. The summed E-state index contributed by atoms with van der Waals surface area (Å²) in [4.78, 5) is 17.9. The summed E-state index contributed by atoms with van der Waals surface area (Å²) in [6, 6.07) is 0.356. The van der Waals surface area contributed by atoms with Crippen molar-refractivity contribution in [2.24, 2.45) is 29.6 Å². The van der Waals surface area contributed by atoms with E-state index in [4.69, 9.17) is 4.84 Å². The Morgan fingerprint density at radius 3 is 2.78 bits per heavy atom. The lowest BCUT2D eigenvalue weighted by Gasteiger charge is -2.32. The molecule has 3 saturated carbocycles. The first-order valence-electron chi connectivity index (χ1n) is 7.29. The van der Waals surface area contributed by atoms with Crippen molar-refractivity contribution in [1.29, 1.82) is 0 Å². The van der Waals surface area contributed by atoms with E-state index in [1.165, 1.54) is 25.7 Å². The Morgan fingerprint density at radius 2 is 2.00 bits per heavy atom. The molecule has 18 heavy (non-hydrogen) atoms. The van der Waals surface area contributed by atoms with E-state index in [-0.39, 0.29) is 5.91 Å². The third kappa shape index (κ3) is 1.26. The quantitative estimate of drug-likeness (QED) is 0.666. The van der Waals surface area contributed by atoms with Crippen LogP contribution in [0.25, 0.3) is 0 Å². The zero-order valence-electron chi connectivity index (χ0n) is 11.0. The van der Waals surface area contributed by atoms with Gasteiger partial charge in [0.2, 0.25) is 0 Å². The first-order chi connectivity index (χ1) is 8.66. The van der Waals surface area contributed by atoms with Gasteiger partial charge in [-0.25, -0.2) is 5.06 Å². The first-order valence-corrected chi connectivity index (χ1v) is 7.29. The summed E-state index contributed by atoms with van der Waals surface area (Å²) in [6.45, 7) is 6.31. The van der Waals surface area contributed by atoms with Crippen LogP contribution in [-0.2, 0) is 9.63 Å². The van der Waals surface area contributed by atoms with E-state index in [9.17, 15) is 4.79 Å². The molecule has 6 atom stereocenters. The highest BCUT2D eigenvalue weighted by molar-refractivity contribution is 5.91. The van der Waals surface area contributed by atoms with E-state index in [0.29, 0.717) is 17.5 Å². The van der Waals surface area contributed by atoms with Crippen LogP contribution in [0.3, 0.4) is 0 Å². The third-order valence-corrected chi connectivity index (χ3v) is 5.87. The average molecular weight is 247 g/mol. The average Bonchev–Trinajstić information content (AvgIpc) is 3.04. The van der Waals surface area contributed by atoms with E-state index >= 15 is 0 Å². The monoisotopic (exact) mass is 247 g/mol. The molecule has 6 unspecified atom stereocenters. The first kappa shape index (κ1) is 11.0. The van der Waals surface area contributed by atoms with Gasteiger partial charge in [0.05, 0.1) is 12.6 Å². The largest absolute Gasteiger partial charge is 0.272 e. The van der Waals surface area contributed by atoms with Crippen molar-refractivity contribution in [3.63, 3.8) is 0 Å². The fourth-order valence-corrected chi connectivity index (χ4v) is 5.30. The number of hydrogen-bond donors (Lipinski definition) is 0. The molecule has 4 fully saturated rings. The molecule has 98 valence electrons. The zero-order valence-corrected chi connectivity index (χ0v) is 11.0. The number of nitrogens with zero attached hydrogens (tertiary/aromatic N) is 1. The number of carbonyl (C=O) groups is 1. The molecule has 4 rings (SSSR count). The summed E-state index contributed by atoms with van der Waals surface area (Å²) in [5.41, 5.74) is 0.599. The van der Waals surface area contributed by atoms with Gasteiger partial charge in [-0.05, 0) is 56.3 Å². The lowest BCUT2D eigenvalue weighted by molar-refractivity contribution is -0.177. The molecule has 0 aromatic carbocycles. The number of carbonyl (C=O) groups excluding carboxylic acids is 1. The van der Waals surface area contributed by atoms with Gasteiger partial charge in [-0.15, -0.1) is 0 Å². The van der Waals surface area contributed by atoms with Crippen molar-refractivity contribution >= 4 is 5.91 Å². The zero-order chi connectivity index (χ0) is 12.4. The van der Waals surface area contributed by atoms with Crippen molar-refractivity contribution in [2.45, 2.75) is 38.6 Å². The molecule has 1 heterocycles. The van der Waals surface area contributed by atoms with E-state index in [1.807, 2.05) is 0 Å². The van der Waals surface area contributed by atoms with Crippen molar-refractivity contribution in [2.75, 3.05) is 6.61 Å². The molecule has 4 aliphatic rings. The highest BCUT2D eigenvalue weighted by atomic mass is 16.7. The van der Waals surface area contributed by atoms with E-state index in [1.54, 1.807) is 12.0 Å². The van der Waals surface area contributed by atoms with Gasteiger partial charge in [-0.2, -0.15) is 0 Å². The molecule has 0 N–H and O–H groups in total. The number of amides is 1. The minimum Gasteiger partial charge on any atom is -0.270 e.